The van der Waals surface area contributed by atoms with E-state index in [4.69, 9.17) is 9.72 Å². The summed E-state index contributed by atoms with van der Waals surface area (Å²) in [6.45, 7) is 1.75. The highest BCUT2D eigenvalue weighted by Crippen LogP contribution is 2.30. The van der Waals surface area contributed by atoms with E-state index in [1.165, 1.54) is 24.1 Å². The highest BCUT2D eigenvalue weighted by Gasteiger charge is 2.25. The van der Waals surface area contributed by atoms with E-state index in [0.29, 0.717) is 12.1 Å². The molecule has 120 valence electrons. The van der Waals surface area contributed by atoms with Gasteiger partial charge in [-0.25, -0.2) is 9.97 Å². The monoisotopic (exact) mass is 309 g/mol. The zero-order valence-corrected chi connectivity index (χ0v) is 13.4. The summed E-state index contributed by atoms with van der Waals surface area (Å²) >= 11 is 0. The highest BCUT2D eigenvalue weighted by molar-refractivity contribution is 5.55. The SMILES string of the molecule is c1ccc(-c2ncc3c(n2)CCC[C@H]3NC2CCOCC2)cc1. The second-order valence-corrected chi connectivity index (χ2v) is 6.46. The van der Waals surface area contributed by atoms with Crippen molar-refractivity contribution in [2.45, 2.75) is 44.2 Å². The average Bonchev–Trinajstić information content (AvgIpc) is 2.63. The lowest BCUT2D eigenvalue weighted by atomic mass is 9.91. The second kappa shape index (κ2) is 6.77. The standard InChI is InChI=1S/C19H23N3O/c1-2-5-14(6-3-1)19-20-13-16-17(7-4-8-18(16)22-19)21-15-9-11-23-12-10-15/h1-3,5-6,13,15,17,21H,4,7-12H2/t17-/m1/s1. The Morgan fingerprint density at radius 1 is 1.04 bits per heavy atom. The van der Waals surface area contributed by atoms with Crippen LogP contribution in [-0.2, 0) is 11.2 Å². The fraction of sp³-hybridized carbons (Fsp3) is 0.474. The summed E-state index contributed by atoms with van der Waals surface area (Å²) in [5.41, 5.74) is 3.60. The third-order valence-corrected chi connectivity index (χ3v) is 4.87. The predicted octanol–water partition coefficient (Wildman–Crippen LogP) is 3.29. The van der Waals surface area contributed by atoms with Crippen molar-refractivity contribution in [3.05, 3.63) is 47.8 Å². The Bertz CT molecular complexity index is 653. The Labute approximate surface area is 137 Å². The molecular weight excluding hydrogens is 286 g/mol. The molecule has 4 nitrogen and oxygen atoms in total. The summed E-state index contributed by atoms with van der Waals surface area (Å²) in [4.78, 5) is 9.48. The Hall–Kier alpha value is -1.78. The number of aryl methyl sites for hydroxylation is 1. The van der Waals surface area contributed by atoms with Gasteiger partial charge >= 0.3 is 0 Å². The number of benzene rings is 1. The molecule has 1 fully saturated rings. The van der Waals surface area contributed by atoms with Crippen molar-refractivity contribution >= 4 is 0 Å². The normalized spacial score (nSPS) is 21.8. The van der Waals surface area contributed by atoms with E-state index in [0.717, 1.165) is 43.9 Å². The molecule has 0 amide bonds. The van der Waals surface area contributed by atoms with Gasteiger partial charge in [0.1, 0.15) is 0 Å². The van der Waals surface area contributed by atoms with Crippen molar-refractivity contribution in [1.29, 1.82) is 0 Å². The number of hydrogen-bond donors (Lipinski definition) is 1. The topological polar surface area (TPSA) is 47.0 Å². The van der Waals surface area contributed by atoms with Crippen LogP contribution in [0.15, 0.2) is 36.5 Å². The highest BCUT2D eigenvalue weighted by atomic mass is 16.5. The number of nitrogens with zero attached hydrogens (tertiary/aromatic N) is 2. The molecule has 0 radical (unpaired) electrons. The van der Waals surface area contributed by atoms with Gasteiger partial charge in [-0.2, -0.15) is 0 Å². The van der Waals surface area contributed by atoms with Crippen molar-refractivity contribution in [2.24, 2.45) is 0 Å². The van der Waals surface area contributed by atoms with Crippen molar-refractivity contribution in [2.75, 3.05) is 13.2 Å². The Morgan fingerprint density at radius 2 is 1.87 bits per heavy atom. The molecule has 1 aliphatic carbocycles. The lowest BCUT2D eigenvalue weighted by Gasteiger charge is -2.31. The zero-order chi connectivity index (χ0) is 15.5. The Morgan fingerprint density at radius 3 is 2.70 bits per heavy atom. The molecule has 1 aromatic carbocycles. The van der Waals surface area contributed by atoms with Crippen LogP contribution in [0.2, 0.25) is 0 Å². The van der Waals surface area contributed by atoms with Crippen molar-refractivity contribution in [3.63, 3.8) is 0 Å². The maximum atomic E-state index is 5.46. The molecule has 1 N–H and O–H groups in total. The van der Waals surface area contributed by atoms with Crippen LogP contribution in [0.4, 0.5) is 0 Å². The lowest BCUT2D eigenvalue weighted by Crippen LogP contribution is -2.38. The van der Waals surface area contributed by atoms with Gasteiger partial charge in [-0.3, -0.25) is 0 Å². The molecule has 4 rings (SSSR count). The number of ether oxygens (including phenoxy) is 1. The molecule has 0 spiro atoms. The minimum absolute atomic E-state index is 0.395. The first kappa shape index (κ1) is 14.8. The maximum Gasteiger partial charge on any atom is 0.159 e. The van der Waals surface area contributed by atoms with Crippen molar-refractivity contribution < 1.29 is 4.74 Å². The molecule has 1 aliphatic heterocycles. The summed E-state index contributed by atoms with van der Waals surface area (Å²) in [7, 11) is 0. The van der Waals surface area contributed by atoms with Crippen LogP contribution in [0.3, 0.4) is 0 Å². The van der Waals surface area contributed by atoms with E-state index >= 15 is 0 Å². The van der Waals surface area contributed by atoms with Gasteiger partial charge in [0.2, 0.25) is 0 Å². The van der Waals surface area contributed by atoms with Gasteiger partial charge in [-0.05, 0) is 32.1 Å². The fourth-order valence-electron chi connectivity index (χ4n) is 3.60. The van der Waals surface area contributed by atoms with Gasteiger partial charge < -0.3 is 10.1 Å². The minimum Gasteiger partial charge on any atom is -0.381 e. The zero-order valence-electron chi connectivity index (χ0n) is 13.4. The number of nitrogens with one attached hydrogen (secondary N) is 1. The third-order valence-electron chi connectivity index (χ3n) is 4.87. The van der Waals surface area contributed by atoms with Gasteiger partial charge in [0, 0.05) is 48.3 Å². The van der Waals surface area contributed by atoms with Crippen LogP contribution in [0.5, 0.6) is 0 Å². The lowest BCUT2D eigenvalue weighted by molar-refractivity contribution is 0.0741. The number of hydrogen-bond acceptors (Lipinski definition) is 4. The van der Waals surface area contributed by atoms with E-state index in [2.05, 4.69) is 22.4 Å². The van der Waals surface area contributed by atoms with E-state index in [-0.39, 0.29) is 0 Å². The molecule has 0 bridgehead atoms. The minimum atomic E-state index is 0.395. The average molecular weight is 309 g/mol. The van der Waals surface area contributed by atoms with E-state index < -0.39 is 0 Å². The maximum absolute atomic E-state index is 5.46. The van der Waals surface area contributed by atoms with Crippen LogP contribution in [-0.4, -0.2) is 29.2 Å². The molecule has 23 heavy (non-hydrogen) atoms. The number of fused-ring (bicyclic) bond motifs is 1. The molecule has 2 aromatic rings. The largest absolute Gasteiger partial charge is 0.381 e. The smallest absolute Gasteiger partial charge is 0.159 e. The van der Waals surface area contributed by atoms with Gasteiger partial charge in [-0.15, -0.1) is 0 Å². The van der Waals surface area contributed by atoms with Crippen LogP contribution < -0.4 is 5.32 Å². The molecule has 4 heteroatoms. The van der Waals surface area contributed by atoms with E-state index in [1.807, 2.05) is 24.4 Å². The van der Waals surface area contributed by atoms with Gasteiger partial charge in [0.25, 0.3) is 0 Å². The molecule has 0 saturated carbocycles. The summed E-state index contributed by atoms with van der Waals surface area (Å²) in [5, 5.41) is 3.81. The van der Waals surface area contributed by atoms with Gasteiger partial charge in [-0.1, -0.05) is 30.3 Å². The van der Waals surface area contributed by atoms with Crippen LogP contribution in [0.25, 0.3) is 11.4 Å². The Kier molecular flexibility index (Phi) is 4.35. The number of aromatic nitrogens is 2. The number of rotatable bonds is 3. The summed E-state index contributed by atoms with van der Waals surface area (Å²) < 4.78 is 5.46. The summed E-state index contributed by atoms with van der Waals surface area (Å²) in [6.07, 6.45) is 7.69. The predicted molar refractivity (Wildman–Crippen MR) is 90.1 cm³/mol. The molecule has 1 saturated heterocycles. The van der Waals surface area contributed by atoms with Crippen LogP contribution in [0, 0.1) is 0 Å². The van der Waals surface area contributed by atoms with E-state index in [1.54, 1.807) is 0 Å². The van der Waals surface area contributed by atoms with Crippen molar-refractivity contribution in [3.8, 4) is 11.4 Å². The fourth-order valence-corrected chi connectivity index (χ4v) is 3.60. The third kappa shape index (κ3) is 3.28. The molecule has 1 atom stereocenters. The summed E-state index contributed by atoms with van der Waals surface area (Å²) in [5.74, 6) is 0.844. The molecule has 1 aromatic heterocycles. The second-order valence-electron chi connectivity index (χ2n) is 6.46. The molecule has 2 heterocycles. The van der Waals surface area contributed by atoms with Crippen LogP contribution >= 0.6 is 0 Å². The molecular formula is C19H23N3O. The first-order valence-electron chi connectivity index (χ1n) is 8.65. The van der Waals surface area contributed by atoms with E-state index in [9.17, 15) is 0 Å². The molecule has 2 aliphatic rings. The first-order chi connectivity index (χ1) is 11.4. The van der Waals surface area contributed by atoms with Gasteiger partial charge in [0.15, 0.2) is 5.82 Å². The quantitative estimate of drug-likeness (QED) is 0.945. The van der Waals surface area contributed by atoms with Crippen molar-refractivity contribution in [1.82, 2.24) is 15.3 Å². The first-order valence-corrected chi connectivity index (χ1v) is 8.65. The Balaban J connectivity index is 1.56. The summed E-state index contributed by atoms with van der Waals surface area (Å²) in [6, 6.07) is 11.2. The van der Waals surface area contributed by atoms with Gasteiger partial charge in [0.05, 0.1) is 0 Å². The molecule has 0 unspecified atom stereocenters. The van der Waals surface area contributed by atoms with Crippen LogP contribution in [0.1, 0.15) is 43.0 Å².